The first-order chi connectivity index (χ1) is 26.7. The van der Waals surface area contributed by atoms with Gasteiger partial charge < -0.3 is 34.5 Å². The van der Waals surface area contributed by atoms with Crippen LogP contribution in [0.1, 0.15) is 70.9 Å². The molecule has 57 heavy (non-hydrogen) atoms. The van der Waals surface area contributed by atoms with Gasteiger partial charge in [-0.3, -0.25) is 28.8 Å². The van der Waals surface area contributed by atoms with Crippen molar-refractivity contribution in [3.8, 4) is 0 Å². The first-order valence-electron chi connectivity index (χ1n) is 18.6. The number of hydrogen-bond donors (Lipinski definition) is 3. The standard InChI is InChI=1S/C37H46FN5O13S/c1-6-22-14-37(22,33(48)41-57(51,52)24-10-11-24)40-30(45)27-13-23(55-35(50)42-15-20-8-7-9-26(38)25(20)17-42)16-43(27)31(46)21(12-28(44)56-36(3,4)5)18-53-34(49)39-29-19(2)54-32(29)47/h6-9,19,21-24,27,29H,1,10-18H2,2-5H3,(H,39,49)(H,40,45)(H,41,48)/t19-,21+,22-,23?,27+,29+,37-/m1/s1. The number of rotatable bonds is 13. The van der Waals surface area contributed by atoms with Crippen molar-refractivity contribution < 1.29 is 65.3 Å². The predicted molar refractivity (Wildman–Crippen MR) is 193 cm³/mol. The van der Waals surface area contributed by atoms with E-state index in [0.29, 0.717) is 24.0 Å². The SMILES string of the molecule is C=C[C@@H]1C[C@]1(NC(=O)[C@@H]1CC(OC(=O)N2Cc3cccc(F)c3C2)CN1C(=O)[C@H](COC(=O)N[C@@H]1C(=O)O[C@@H]1C)CC(=O)OC(C)(C)C)C(=O)NS(=O)(=O)C1CC1. The van der Waals surface area contributed by atoms with Gasteiger partial charge in [-0.25, -0.2) is 27.2 Å². The Labute approximate surface area is 328 Å². The van der Waals surface area contributed by atoms with Gasteiger partial charge >= 0.3 is 24.1 Å². The highest BCUT2D eigenvalue weighted by molar-refractivity contribution is 7.91. The van der Waals surface area contributed by atoms with E-state index >= 15 is 0 Å². The fraction of sp³-hybridized carbons (Fsp3) is 0.595. The number of benzene rings is 1. The van der Waals surface area contributed by atoms with E-state index in [0.717, 1.165) is 4.90 Å². The molecule has 3 heterocycles. The number of cyclic esters (lactones) is 1. The van der Waals surface area contributed by atoms with Crippen molar-refractivity contribution in [2.24, 2.45) is 11.8 Å². The van der Waals surface area contributed by atoms with Crippen LogP contribution in [0.15, 0.2) is 30.9 Å². The number of carbonyl (C=O) groups excluding carboxylic acids is 7. The molecule has 5 aliphatic rings. The summed E-state index contributed by atoms with van der Waals surface area (Å²) in [6.07, 6.45) is -2.45. The van der Waals surface area contributed by atoms with Gasteiger partial charge in [-0.2, -0.15) is 0 Å². The van der Waals surface area contributed by atoms with E-state index in [-0.39, 0.29) is 32.5 Å². The van der Waals surface area contributed by atoms with E-state index in [4.69, 9.17) is 18.9 Å². The summed E-state index contributed by atoms with van der Waals surface area (Å²) in [5, 5.41) is 4.22. The van der Waals surface area contributed by atoms with Crippen LogP contribution in [0.25, 0.3) is 0 Å². The molecule has 0 bridgehead atoms. The summed E-state index contributed by atoms with van der Waals surface area (Å²) < 4.78 is 63.2. The lowest BCUT2D eigenvalue weighted by atomic mass is 10.0. The number of hydrogen-bond acceptors (Lipinski definition) is 13. The number of nitrogens with zero attached hydrogens (tertiary/aromatic N) is 2. The van der Waals surface area contributed by atoms with Gasteiger partial charge in [0, 0.05) is 24.4 Å². The van der Waals surface area contributed by atoms with Crippen molar-refractivity contribution in [1.29, 1.82) is 0 Å². The van der Waals surface area contributed by atoms with Crippen LogP contribution >= 0.6 is 0 Å². The second-order valence-corrected chi connectivity index (χ2v) is 18.0. The average molecular weight is 820 g/mol. The van der Waals surface area contributed by atoms with Crippen molar-refractivity contribution in [2.75, 3.05) is 13.2 Å². The molecule has 1 aromatic rings. The molecule has 20 heteroatoms. The highest BCUT2D eigenvalue weighted by Gasteiger charge is 2.62. The Bertz CT molecular complexity index is 1980. The number of amides is 5. The molecular formula is C37H46FN5O13S. The van der Waals surface area contributed by atoms with E-state index in [1.54, 1.807) is 33.8 Å². The van der Waals surface area contributed by atoms with Crippen LogP contribution in [0.2, 0.25) is 0 Å². The molecule has 0 spiro atoms. The zero-order valence-electron chi connectivity index (χ0n) is 31.9. The molecule has 0 radical (unpaired) electrons. The Morgan fingerprint density at radius 2 is 1.86 bits per heavy atom. The van der Waals surface area contributed by atoms with Gasteiger partial charge in [0.2, 0.25) is 21.8 Å². The molecule has 3 aliphatic heterocycles. The Kier molecular flexibility index (Phi) is 11.3. The summed E-state index contributed by atoms with van der Waals surface area (Å²) in [6.45, 7) is 8.92. The normalized spacial score (nSPS) is 26.8. The molecule has 4 fully saturated rings. The van der Waals surface area contributed by atoms with Crippen LogP contribution in [0.5, 0.6) is 0 Å². The third-order valence-electron chi connectivity index (χ3n) is 10.4. The van der Waals surface area contributed by atoms with Crippen LogP contribution in [0, 0.1) is 17.7 Å². The molecule has 3 N–H and O–H groups in total. The smallest absolute Gasteiger partial charge is 0.410 e. The molecule has 6 rings (SSSR count). The highest BCUT2D eigenvalue weighted by Crippen LogP contribution is 2.45. The molecule has 2 saturated heterocycles. The second kappa shape index (κ2) is 15.6. The fourth-order valence-corrected chi connectivity index (χ4v) is 8.49. The molecule has 2 saturated carbocycles. The maximum absolute atomic E-state index is 14.5. The van der Waals surface area contributed by atoms with Gasteiger partial charge in [-0.05, 0) is 58.6 Å². The Hall–Kier alpha value is -5.27. The number of ether oxygens (including phenoxy) is 4. The molecule has 1 unspecified atom stereocenters. The molecule has 310 valence electrons. The van der Waals surface area contributed by atoms with Crippen LogP contribution in [-0.4, -0.2) is 114 Å². The fourth-order valence-electron chi connectivity index (χ4n) is 7.12. The van der Waals surface area contributed by atoms with Crippen molar-refractivity contribution in [3.63, 3.8) is 0 Å². The first-order valence-corrected chi connectivity index (χ1v) is 20.1. The van der Waals surface area contributed by atoms with Crippen molar-refractivity contribution in [2.45, 2.75) is 114 Å². The van der Waals surface area contributed by atoms with Crippen LogP contribution < -0.4 is 15.4 Å². The van der Waals surface area contributed by atoms with Crippen molar-refractivity contribution >= 4 is 51.9 Å². The minimum atomic E-state index is -4.01. The Morgan fingerprint density at radius 3 is 2.46 bits per heavy atom. The van der Waals surface area contributed by atoms with E-state index in [1.807, 2.05) is 0 Å². The summed E-state index contributed by atoms with van der Waals surface area (Å²) in [7, 11) is -4.01. The topological polar surface area (TPSA) is 233 Å². The molecule has 0 aromatic heterocycles. The average Bonchev–Trinajstić information content (AvgIpc) is 4.02. The first kappa shape index (κ1) is 41.4. The molecule has 1 aromatic carbocycles. The summed E-state index contributed by atoms with van der Waals surface area (Å²) in [5.74, 6) is -6.90. The zero-order valence-corrected chi connectivity index (χ0v) is 32.7. The van der Waals surface area contributed by atoms with Crippen LogP contribution in [-0.2, 0) is 66.0 Å². The Morgan fingerprint density at radius 1 is 1.14 bits per heavy atom. The van der Waals surface area contributed by atoms with Gasteiger partial charge in [0.25, 0.3) is 5.91 Å². The highest BCUT2D eigenvalue weighted by atomic mass is 32.2. The molecule has 18 nitrogen and oxygen atoms in total. The number of esters is 2. The van der Waals surface area contributed by atoms with E-state index in [2.05, 4.69) is 21.9 Å². The van der Waals surface area contributed by atoms with Crippen molar-refractivity contribution in [3.05, 3.63) is 47.8 Å². The van der Waals surface area contributed by atoms with Crippen LogP contribution in [0.3, 0.4) is 0 Å². The summed E-state index contributed by atoms with van der Waals surface area (Å²) in [5.41, 5.74) is -1.78. The third-order valence-corrected chi connectivity index (χ3v) is 12.3. The molecule has 5 amide bonds. The lowest BCUT2D eigenvalue weighted by Crippen LogP contribution is -2.59. The van der Waals surface area contributed by atoms with Crippen LogP contribution in [0.4, 0.5) is 14.0 Å². The maximum atomic E-state index is 14.5. The minimum absolute atomic E-state index is 0.0107. The number of sulfonamides is 1. The number of likely N-dealkylation sites (tertiary alicyclic amines) is 1. The number of carbonyl (C=O) groups is 7. The predicted octanol–water partition coefficient (Wildman–Crippen LogP) is 1.30. The van der Waals surface area contributed by atoms with Gasteiger partial charge in [0.1, 0.15) is 41.8 Å². The van der Waals surface area contributed by atoms with Gasteiger partial charge in [0.15, 0.2) is 6.04 Å². The van der Waals surface area contributed by atoms with E-state index < -0.39 is 123 Å². The van der Waals surface area contributed by atoms with E-state index in [1.165, 1.54) is 23.1 Å². The number of alkyl carbamates (subject to hydrolysis) is 1. The lowest BCUT2D eigenvalue weighted by molar-refractivity contribution is -0.174. The molecular weight excluding hydrogens is 773 g/mol. The number of fused-ring (bicyclic) bond motifs is 1. The number of halogens is 1. The summed E-state index contributed by atoms with van der Waals surface area (Å²) in [4.78, 5) is 95.2. The molecule has 7 atom stereocenters. The summed E-state index contributed by atoms with van der Waals surface area (Å²) in [6, 6.07) is 2.01. The summed E-state index contributed by atoms with van der Waals surface area (Å²) >= 11 is 0. The largest absolute Gasteiger partial charge is 0.460 e. The monoisotopic (exact) mass is 819 g/mol. The second-order valence-electron chi connectivity index (χ2n) is 16.0. The maximum Gasteiger partial charge on any atom is 0.410 e. The quantitative estimate of drug-likeness (QED) is 0.145. The zero-order chi connectivity index (χ0) is 41.6. The lowest BCUT2D eigenvalue weighted by Gasteiger charge is -2.32. The Balaban J connectivity index is 1.23. The van der Waals surface area contributed by atoms with Gasteiger partial charge in [-0.15, -0.1) is 6.58 Å². The van der Waals surface area contributed by atoms with Crippen molar-refractivity contribution in [1.82, 2.24) is 25.2 Å². The number of nitrogens with one attached hydrogen (secondary N) is 3. The van der Waals surface area contributed by atoms with E-state index in [9.17, 15) is 46.4 Å². The molecule has 2 aliphatic carbocycles. The van der Waals surface area contributed by atoms with Gasteiger partial charge in [0.05, 0.1) is 30.7 Å². The van der Waals surface area contributed by atoms with Gasteiger partial charge in [-0.1, -0.05) is 18.2 Å². The third kappa shape index (κ3) is 9.15. The minimum Gasteiger partial charge on any atom is -0.460 e.